The Kier molecular flexibility index (Phi) is 10.9. The molecule has 13 heteroatoms. The summed E-state index contributed by atoms with van der Waals surface area (Å²) in [5.74, 6) is -1.38. The minimum atomic E-state index is -4.77. The van der Waals surface area contributed by atoms with Gasteiger partial charge in [0, 0.05) is 28.2 Å². The van der Waals surface area contributed by atoms with Gasteiger partial charge in [-0.3, -0.25) is 13.9 Å². The van der Waals surface area contributed by atoms with Crippen LogP contribution in [0.1, 0.15) is 38.3 Å². The lowest BCUT2D eigenvalue weighted by Gasteiger charge is -2.33. The third kappa shape index (κ3) is 7.96. The molecule has 2 amide bonds. The van der Waals surface area contributed by atoms with E-state index < -0.39 is 46.2 Å². The molecule has 0 heterocycles. The van der Waals surface area contributed by atoms with Gasteiger partial charge in [-0.25, -0.2) is 8.42 Å². The maximum atomic E-state index is 13.9. The molecule has 42 heavy (non-hydrogen) atoms. The fourth-order valence-corrected chi connectivity index (χ4v) is 5.93. The topological polar surface area (TPSA) is 86.8 Å². The predicted octanol–water partition coefficient (Wildman–Crippen LogP) is 6.54. The maximum absolute atomic E-state index is 13.9. The number of halogens is 5. The molecule has 3 rings (SSSR count). The molecule has 0 radical (unpaired) electrons. The van der Waals surface area contributed by atoms with Crippen LogP contribution < -0.4 is 9.62 Å². The molecule has 0 aliphatic carbocycles. The van der Waals surface area contributed by atoms with Crippen LogP contribution in [0.25, 0.3) is 0 Å². The van der Waals surface area contributed by atoms with Gasteiger partial charge < -0.3 is 10.2 Å². The molecule has 3 aromatic rings. The first-order valence-corrected chi connectivity index (χ1v) is 15.1. The van der Waals surface area contributed by atoms with Gasteiger partial charge in [0.25, 0.3) is 10.0 Å². The van der Waals surface area contributed by atoms with Gasteiger partial charge in [-0.05, 0) is 62.7 Å². The maximum Gasteiger partial charge on any atom is 0.416 e. The van der Waals surface area contributed by atoms with Crippen molar-refractivity contribution in [3.63, 3.8) is 0 Å². The Balaban J connectivity index is 2.11. The van der Waals surface area contributed by atoms with Crippen molar-refractivity contribution in [1.29, 1.82) is 0 Å². The van der Waals surface area contributed by atoms with E-state index in [1.165, 1.54) is 31.2 Å². The van der Waals surface area contributed by atoms with Gasteiger partial charge in [0.15, 0.2) is 0 Å². The van der Waals surface area contributed by atoms with E-state index in [0.717, 1.165) is 23.1 Å². The monoisotopic (exact) mass is 643 g/mol. The number of hydrogen-bond donors (Lipinski definition) is 1. The second kappa shape index (κ2) is 13.8. The van der Waals surface area contributed by atoms with Crippen LogP contribution in [0.2, 0.25) is 10.0 Å². The normalized spacial score (nSPS) is 13.2. The number of nitrogens with zero attached hydrogens (tertiary/aromatic N) is 2. The van der Waals surface area contributed by atoms with Crippen molar-refractivity contribution < 1.29 is 31.2 Å². The summed E-state index contributed by atoms with van der Waals surface area (Å²) in [5.41, 5.74) is -1.16. The molecule has 0 saturated carbocycles. The molecule has 7 nitrogen and oxygen atoms in total. The first-order chi connectivity index (χ1) is 19.7. The zero-order valence-electron chi connectivity index (χ0n) is 23.0. The summed E-state index contributed by atoms with van der Waals surface area (Å²) in [6.45, 7) is 3.92. The number of alkyl halides is 3. The van der Waals surface area contributed by atoms with Crippen molar-refractivity contribution in [2.75, 3.05) is 10.8 Å². The number of benzene rings is 3. The standard InChI is InChI=1S/C29H30Cl2F3N3O4S/c1-4-19(2)35-28(39)20(3)36(17-24-25(30)14-9-15-26(24)31)27(38)18-37(42(40,41)23-12-6-5-7-13-23)22-11-8-10-21(16-22)29(32,33)34/h5-16,19-20H,4,17-18H2,1-3H3,(H,35,39)/t19-,20-/m1/s1. The number of rotatable bonds is 11. The van der Waals surface area contributed by atoms with Crippen LogP contribution in [-0.4, -0.2) is 43.8 Å². The summed E-state index contributed by atoms with van der Waals surface area (Å²) < 4.78 is 68.8. The van der Waals surface area contributed by atoms with Crippen LogP contribution in [0.15, 0.2) is 77.7 Å². The second-order valence-electron chi connectivity index (χ2n) is 9.59. The molecular formula is C29H30Cl2F3N3O4S. The van der Waals surface area contributed by atoms with Crippen LogP contribution in [0.4, 0.5) is 18.9 Å². The van der Waals surface area contributed by atoms with Gasteiger partial charge in [-0.1, -0.05) is 60.5 Å². The SMILES string of the molecule is CC[C@@H](C)NC(=O)[C@@H](C)N(Cc1c(Cl)cccc1Cl)C(=O)CN(c1cccc(C(F)(F)F)c1)S(=O)(=O)c1ccccc1. The average Bonchev–Trinajstić information content (AvgIpc) is 2.95. The first-order valence-electron chi connectivity index (χ1n) is 12.9. The Morgan fingerprint density at radius 2 is 1.52 bits per heavy atom. The first kappa shape index (κ1) is 33.2. The van der Waals surface area contributed by atoms with Crippen molar-refractivity contribution in [3.05, 3.63) is 94.0 Å². The van der Waals surface area contributed by atoms with E-state index in [4.69, 9.17) is 23.2 Å². The molecule has 0 aliphatic rings. The highest BCUT2D eigenvalue weighted by molar-refractivity contribution is 7.92. The molecule has 3 aromatic carbocycles. The molecule has 2 atom stereocenters. The molecule has 0 spiro atoms. The summed E-state index contributed by atoms with van der Waals surface area (Å²) in [7, 11) is -4.54. The molecule has 226 valence electrons. The second-order valence-corrected chi connectivity index (χ2v) is 12.3. The lowest BCUT2D eigenvalue weighted by Crippen LogP contribution is -2.52. The molecular weight excluding hydrogens is 614 g/mol. The number of nitrogens with one attached hydrogen (secondary N) is 1. The molecule has 0 bridgehead atoms. The summed E-state index contributed by atoms with van der Waals surface area (Å²) in [6.07, 6.45) is -4.15. The Morgan fingerprint density at radius 1 is 0.929 bits per heavy atom. The van der Waals surface area contributed by atoms with Crippen molar-refractivity contribution in [2.45, 2.75) is 56.9 Å². The van der Waals surface area contributed by atoms with Crippen molar-refractivity contribution in [1.82, 2.24) is 10.2 Å². The molecule has 0 unspecified atom stereocenters. The van der Waals surface area contributed by atoms with E-state index in [1.54, 1.807) is 31.2 Å². The number of hydrogen-bond acceptors (Lipinski definition) is 4. The third-order valence-electron chi connectivity index (χ3n) is 6.63. The number of carbonyl (C=O) groups is 2. The number of amides is 2. The van der Waals surface area contributed by atoms with Gasteiger partial charge in [0.05, 0.1) is 16.1 Å². The Bertz CT molecular complexity index is 1500. The minimum Gasteiger partial charge on any atom is -0.352 e. The van der Waals surface area contributed by atoms with Crippen molar-refractivity contribution in [3.8, 4) is 0 Å². The number of carbonyl (C=O) groups excluding carboxylic acids is 2. The van der Waals surface area contributed by atoms with Gasteiger partial charge in [-0.15, -0.1) is 0 Å². The van der Waals surface area contributed by atoms with Gasteiger partial charge in [0.1, 0.15) is 12.6 Å². The summed E-state index contributed by atoms with van der Waals surface area (Å²) in [5, 5.41) is 3.21. The summed E-state index contributed by atoms with van der Waals surface area (Å²) in [4.78, 5) is 27.9. The lowest BCUT2D eigenvalue weighted by atomic mass is 10.1. The zero-order valence-corrected chi connectivity index (χ0v) is 25.4. The zero-order chi connectivity index (χ0) is 31.2. The van der Waals surface area contributed by atoms with E-state index in [9.17, 15) is 31.2 Å². The largest absolute Gasteiger partial charge is 0.416 e. The molecule has 0 fully saturated rings. The van der Waals surface area contributed by atoms with E-state index in [0.29, 0.717) is 22.4 Å². The minimum absolute atomic E-state index is 0.210. The highest BCUT2D eigenvalue weighted by atomic mass is 35.5. The van der Waals surface area contributed by atoms with Crippen LogP contribution in [-0.2, 0) is 32.3 Å². The molecule has 0 aliphatic heterocycles. The molecule has 0 saturated heterocycles. The quantitative estimate of drug-likeness (QED) is 0.257. The number of sulfonamides is 1. The highest BCUT2D eigenvalue weighted by Crippen LogP contribution is 2.34. The molecule has 0 aromatic heterocycles. The fourth-order valence-electron chi connectivity index (χ4n) is 3.99. The van der Waals surface area contributed by atoms with Crippen LogP contribution in [0, 0.1) is 0 Å². The van der Waals surface area contributed by atoms with E-state index >= 15 is 0 Å². The fraction of sp³-hybridized carbons (Fsp3) is 0.310. The van der Waals surface area contributed by atoms with E-state index in [-0.39, 0.29) is 33.2 Å². The average molecular weight is 645 g/mol. The van der Waals surface area contributed by atoms with E-state index in [2.05, 4.69) is 5.32 Å². The highest BCUT2D eigenvalue weighted by Gasteiger charge is 2.35. The van der Waals surface area contributed by atoms with Gasteiger partial charge in [-0.2, -0.15) is 13.2 Å². The van der Waals surface area contributed by atoms with Crippen LogP contribution in [0.3, 0.4) is 0 Å². The third-order valence-corrected chi connectivity index (χ3v) is 9.13. The Hall–Kier alpha value is -3.28. The summed E-state index contributed by atoms with van der Waals surface area (Å²) >= 11 is 12.7. The van der Waals surface area contributed by atoms with Gasteiger partial charge in [0.2, 0.25) is 11.8 Å². The summed E-state index contributed by atoms with van der Waals surface area (Å²) in [6, 6.07) is 14.0. The molecule has 1 N–H and O–H groups in total. The Labute approximate surface area is 253 Å². The van der Waals surface area contributed by atoms with Crippen molar-refractivity contribution >= 4 is 50.7 Å². The van der Waals surface area contributed by atoms with Crippen LogP contribution >= 0.6 is 23.2 Å². The smallest absolute Gasteiger partial charge is 0.352 e. The lowest BCUT2D eigenvalue weighted by molar-refractivity contribution is -0.139. The predicted molar refractivity (Wildman–Crippen MR) is 157 cm³/mol. The van der Waals surface area contributed by atoms with Crippen molar-refractivity contribution in [2.24, 2.45) is 0 Å². The number of anilines is 1. The van der Waals surface area contributed by atoms with Gasteiger partial charge >= 0.3 is 6.18 Å². The van der Waals surface area contributed by atoms with Crippen LogP contribution in [0.5, 0.6) is 0 Å². The van der Waals surface area contributed by atoms with E-state index in [1.807, 2.05) is 6.92 Å². The Morgan fingerprint density at radius 3 is 2.10 bits per heavy atom.